The van der Waals surface area contributed by atoms with Gasteiger partial charge in [-0.05, 0) is 61.0 Å². The van der Waals surface area contributed by atoms with Crippen LogP contribution in [0.25, 0.3) is 0 Å². The summed E-state index contributed by atoms with van der Waals surface area (Å²) in [6.07, 6.45) is -4.87. The van der Waals surface area contributed by atoms with Gasteiger partial charge in [0.25, 0.3) is 11.8 Å². The molecule has 0 aliphatic heterocycles. The molecule has 0 heterocycles. The van der Waals surface area contributed by atoms with Crippen molar-refractivity contribution in [3.8, 4) is 11.5 Å². The van der Waals surface area contributed by atoms with Crippen molar-refractivity contribution < 1.29 is 41.5 Å². The minimum atomic E-state index is -4.87. The lowest BCUT2D eigenvalue weighted by Crippen LogP contribution is -2.21. The largest absolute Gasteiger partial charge is 0.456 e. The summed E-state index contributed by atoms with van der Waals surface area (Å²) in [5.74, 6) is -4.37. The molecule has 178 valence electrons. The lowest BCUT2D eigenvalue weighted by molar-refractivity contribution is -0.137. The average Bonchev–Trinajstić information content (AvgIpc) is 2.76. The van der Waals surface area contributed by atoms with Crippen LogP contribution in [0.2, 0.25) is 5.02 Å². The van der Waals surface area contributed by atoms with Crippen molar-refractivity contribution >= 4 is 29.1 Å². The van der Waals surface area contributed by atoms with Crippen LogP contribution in [0.15, 0.2) is 48.5 Å². The fraction of sp³-hybridized carbons (Fsp3) is 0.0909. The van der Waals surface area contributed by atoms with Gasteiger partial charge in [-0.2, -0.15) is 13.2 Å². The van der Waals surface area contributed by atoms with Gasteiger partial charge in [-0.1, -0.05) is 11.6 Å². The number of halogens is 6. The van der Waals surface area contributed by atoms with Crippen LogP contribution in [0, 0.1) is 18.6 Å². The number of hydroxylamine groups is 1. The number of nitrogens with one attached hydrogen (secondary N) is 2. The maximum atomic E-state index is 13.8. The Morgan fingerprint density at radius 2 is 1.65 bits per heavy atom. The van der Waals surface area contributed by atoms with Crippen molar-refractivity contribution in [3.63, 3.8) is 0 Å². The number of carbonyl (C=O) groups excluding carboxylic acids is 2. The fourth-order valence-electron chi connectivity index (χ4n) is 2.91. The van der Waals surface area contributed by atoms with E-state index in [0.717, 1.165) is 36.4 Å². The number of ether oxygens (including phenoxy) is 1. The lowest BCUT2D eigenvalue weighted by Gasteiger charge is -2.17. The Bertz CT molecular complexity index is 1280. The molecule has 0 radical (unpaired) electrons. The van der Waals surface area contributed by atoms with Crippen molar-refractivity contribution in [1.82, 2.24) is 5.48 Å². The molecule has 34 heavy (non-hydrogen) atoms. The summed E-state index contributed by atoms with van der Waals surface area (Å²) in [5.41, 5.74) is -0.944. The zero-order valence-corrected chi connectivity index (χ0v) is 17.8. The van der Waals surface area contributed by atoms with Gasteiger partial charge < -0.3 is 10.1 Å². The van der Waals surface area contributed by atoms with Crippen LogP contribution < -0.4 is 15.5 Å². The zero-order valence-electron chi connectivity index (χ0n) is 17.1. The smallest absolute Gasteiger partial charge is 0.417 e. The van der Waals surface area contributed by atoms with Gasteiger partial charge in [-0.15, -0.1) is 0 Å². The number of hydrogen-bond donors (Lipinski definition) is 3. The third kappa shape index (κ3) is 5.43. The number of aryl methyl sites for hydroxylation is 1. The Balaban J connectivity index is 2.05. The minimum absolute atomic E-state index is 0.0189. The summed E-state index contributed by atoms with van der Waals surface area (Å²) >= 11 is 5.76. The molecule has 2 amide bonds. The fourth-order valence-corrected chi connectivity index (χ4v) is 3.18. The van der Waals surface area contributed by atoms with Crippen LogP contribution in [-0.2, 0) is 6.18 Å². The van der Waals surface area contributed by atoms with Gasteiger partial charge in [0.05, 0.1) is 21.7 Å². The van der Waals surface area contributed by atoms with Crippen LogP contribution >= 0.6 is 11.6 Å². The first-order valence-electron chi connectivity index (χ1n) is 9.30. The van der Waals surface area contributed by atoms with Crippen LogP contribution in [0.1, 0.15) is 31.8 Å². The number of amides is 2. The van der Waals surface area contributed by atoms with Gasteiger partial charge in [-0.25, -0.2) is 14.3 Å². The molecule has 3 rings (SSSR count). The number of anilines is 1. The molecule has 0 aliphatic rings. The highest BCUT2D eigenvalue weighted by Crippen LogP contribution is 2.40. The van der Waals surface area contributed by atoms with Crippen molar-refractivity contribution in [2.75, 3.05) is 5.32 Å². The molecule has 0 spiro atoms. The van der Waals surface area contributed by atoms with E-state index in [4.69, 9.17) is 21.5 Å². The second-order valence-electron chi connectivity index (χ2n) is 6.93. The van der Waals surface area contributed by atoms with E-state index in [0.29, 0.717) is 6.07 Å². The van der Waals surface area contributed by atoms with Crippen molar-refractivity contribution in [2.45, 2.75) is 13.1 Å². The van der Waals surface area contributed by atoms with E-state index in [-0.39, 0.29) is 17.0 Å². The van der Waals surface area contributed by atoms with E-state index in [1.165, 1.54) is 18.5 Å². The third-order valence-electron chi connectivity index (χ3n) is 4.55. The first kappa shape index (κ1) is 24.9. The molecule has 12 heteroatoms. The Morgan fingerprint density at radius 3 is 2.26 bits per heavy atom. The van der Waals surface area contributed by atoms with Crippen molar-refractivity contribution in [3.05, 3.63) is 87.4 Å². The van der Waals surface area contributed by atoms with Gasteiger partial charge in [-0.3, -0.25) is 14.8 Å². The average molecular weight is 501 g/mol. The Hall–Kier alpha value is -3.70. The molecule has 0 aliphatic carbocycles. The van der Waals surface area contributed by atoms with Gasteiger partial charge in [0.2, 0.25) is 0 Å². The molecular formula is C22H14ClF5N2O4. The topological polar surface area (TPSA) is 87.7 Å². The number of rotatable bonds is 5. The van der Waals surface area contributed by atoms with E-state index >= 15 is 0 Å². The first-order valence-corrected chi connectivity index (χ1v) is 9.68. The van der Waals surface area contributed by atoms with E-state index in [2.05, 4.69) is 5.32 Å². The number of alkyl halides is 3. The maximum Gasteiger partial charge on any atom is 0.417 e. The number of hydrogen-bond acceptors (Lipinski definition) is 4. The lowest BCUT2D eigenvalue weighted by atomic mass is 10.1. The molecular weight excluding hydrogens is 487 g/mol. The molecule has 0 unspecified atom stereocenters. The van der Waals surface area contributed by atoms with Gasteiger partial charge in [0.15, 0.2) is 0 Å². The summed E-state index contributed by atoms with van der Waals surface area (Å²) in [6, 6.07) is 7.35. The van der Waals surface area contributed by atoms with Gasteiger partial charge in [0.1, 0.15) is 23.1 Å². The molecule has 3 N–H and O–H groups in total. The van der Waals surface area contributed by atoms with Crippen molar-refractivity contribution in [1.29, 1.82) is 0 Å². The quantitative estimate of drug-likeness (QED) is 0.224. The molecule has 6 nitrogen and oxygen atoms in total. The molecule has 0 atom stereocenters. The predicted octanol–water partition coefficient (Wildman–Crippen LogP) is 6.11. The van der Waals surface area contributed by atoms with Crippen LogP contribution in [0.3, 0.4) is 0 Å². The van der Waals surface area contributed by atoms with Crippen LogP contribution in [0.5, 0.6) is 11.5 Å². The molecule has 0 saturated heterocycles. The normalized spacial score (nSPS) is 11.2. The zero-order chi connectivity index (χ0) is 25.2. The second-order valence-corrected chi connectivity index (χ2v) is 7.33. The molecule has 0 aromatic heterocycles. The molecule has 3 aromatic carbocycles. The van der Waals surface area contributed by atoms with Gasteiger partial charge >= 0.3 is 6.18 Å². The first-order chi connectivity index (χ1) is 15.9. The van der Waals surface area contributed by atoms with Gasteiger partial charge in [0, 0.05) is 5.69 Å². The predicted molar refractivity (Wildman–Crippen MR) is 111 cm³/mol. The Morgan fingerprint density at radius 1 is 0.941 bits per heavy atom. The standard InChI is InChI=1S/C22H14ClF5N2O4/c1-10-6-11(24)2-5-18(10)34-19-9-15(22(26,27)28)16(23)8-14(19)20(31)29-12-3-4-17(25)13(7-12)21(32)30-33/h2-9,33H,1H3,(H,29,31)(H,30,32). The molecule has 3 aromatic rings. The van der Waals surface area contributed by atoms with E-state index in [1.54, 1.807) is 0 Å². The summed E-state index contributed by atoms with van der Waals surface area (Å²) in [4.78, 5) is 24.4. The summed E-state index contributed by atoms with van der Waals surface area (Å²) in [6.45, 7) is 1.45. The number of carbonyl (C=O) groups is 2. The highest BCUT2D eigenvalue weighted by Gasteiger charge is 2.35. The monoisotopic (exact) mass is 500 g/mol. The highest BCUT2D eigenvalue weighted by atomic mass is 35.5. The second kappa shape index (κ2) is 9.65. The summed E-state index contributed by atoms with van der Waals surface area (Å²) < 4.78 is 72.9. The Labute approximate surface area is 193 Å². The highest BCUT2D eigenvalue weighted by molar-refractivity contribution is 6.32. The minimum Gasteiger partial charge on any atom is -0.456 e. The molecule has 0 fully saturated rings. The van der Waals surface area contributed by atoms with Crippen molar-refractivity contribution in [2.24, 2.45) is 0 Å². The van der Waals surface area contributed by atoms with E-state index < -0.39 is 57.1 Å². The Kier molecular flexibility index (Phi) is 7.08. The maximum absolute atomic E-state index is 13.8. The number of benzene rings is 3. The van der Waals surface area contributed by atoms with Crippen LogP contribution in [0.4, 0.5) is 27.6 Å². The molecule has 0 bridgehead atoms. The van der Waals surface area contributed by atoms with Crippen LogP contribution in [-0.4, -0.2) is 17.0 Å². The SMILES string of the molecule is Cc1cc(F)ccc1Oc1cc(C(F)(F)F)c(Cl)cc1C(=O)Nc1ccc(F)c(C(=O)NO)c1. The summed E-state index contributed by atoms with van der Waals surface area (Å²) in [5, 5.41) is 10.2. The third-order valence-corrected chi connectivity index (χ3v) is 4.86. The summed E-state index contributed by atoms with van der Waals surface area (Å²) in [7, 11) is 0. The molecule has 0 saturated carbocycles. The van der Waals surface area contributed by atoms with E-state index in [9.17, 15) is 31.5 Å². The van der Waals surface area contributed by atoms with E-state index in [1.807, 2.05) is 0 Å².